The Labute approximate surface area is 175 Å². The maximum absolute atomic E-state index is 14.4. The monoisotopic (exact) mass is 436 g/mol. The smallest absolute Gasteiger partial charge is 0.281 e. The van der Waals surface area contributed by atoms with Gasteiger partial charge in [-0.15, -0.1) is 0 Å². The van der Waals surface area contributed by atoms with Crippen molar-refractivity contribution in [1.29, 1.82) is 0 Å². The summed E-state index contributed by atoms with van der Waals surface area (Å²) in [6, 6.07) is 7.93. The van der Waals surface area contributed by atoms with Crippen molar-refractivity contribution < 1.29 is 17.6 Å². The molecule has 0 spiro atoms. The molecule has 1 aliphatic rings. The molecule has 1 aliphatic heterocycles. The number of halogens is 1. The van der Waals surface area contributed by atoms with Crippen molar-refractivity contribution in [3.63, 3.8) is 0 Å². The number of aromatic nitrogens is 1. The van der Waals surface area contributed by atoms with Crippen LogP contribution >= 0.6 is 0 Å². The second kappa shape index (κ2) is 9.47. The first-order valence-corrected chi connectivity index (χ1v) is 10.8. The number of nitrogens with one attached hydrogen (secondary N) is 1. The van der Waals surface area contributed by atoms with Gasteiger partial charge in [0.1, 0.15) is 5.82 Å². The van der Waals surface area contributed by atoms with Crippen LogP contribution in [0, 0.1) is 5.82 Å². The van der Waals surface area contributed by atoms with Gasteiger partial charge < -0.3 is 0 Å². The summed E-state index contributed by atoms with van der Waals surface area (Å²) >= 11 is 0. The maximum Gasteiger partial charge on any atom is 0.281 e. The maximum atomic E-state index is 14.4. The highest BCUT2D eigenvalue weighted by molar-refractivity contribution is 7.86. The van der Waals surface area contributed by atoms with E-state index in [1.54, 1.807) is 30.6 Å². The molecule has 1 aromatic heterocycles. The lowest BCUT2D eigenvalue weighted by Gasteiger charge is -2.35. The summed E-state index contributed by atoms with van der Waals surface area (Å²) in [6.07, 6.45) is 3.80. The molecule has 2 heterocycles. The summed E-state index contributed by atoms with van der Waals surface area (Å²) in [5, 5.41) is 1.25. The van der Waals surface area contributed by atoms with Gasteiger partial charge in [-0.3, -0.25) is 20.1 Å². The summed E-state index contributed by atoms with van der Waals surface area (Å²) in [5.74, 6) is -0.380. The first kappa shape index (κ1) is 22.1. The molecule has 1 saturated heterocycles. The Morgan fingerprint density at radius 3 is 2.53 bits per heavy atom. The molecule has 162 valence electrons. The van der Waals surface area contributed by atoms with Gasteiger partial charge in [0.2, 0.25) is 6.41 Å². The van der Waals surface area contributed by atoms with Gasteiger partial charge in [-0.2, -0.15) is 17.0 Å². The lowest BCUT2D eigenvalue weighted by atomic mass is 10.1. The van der Waals surface area contributed by atoms with Crippen molar-refractivity contribution in [3.05, 3.63) is 54.1 Å². The number of hydrogen-bond acceptors (Lipinski definition) is 6. The van der Waals surface area contributed by atoms with Gasteiger partial charge in [-0.1, -0.05) is 0 Å². The number of carbonyl (C=O) groups is 1. The Morgan fingerprint density at radius 1 is 1.20 bits per heavy atom. The van der Waals surface area contributed by atoms with Crippen LogP contribution in [0.25, 0.3) is 0 Å². The molecule has 3 rings (SSSR count). The van der Waals surface area contributed by atoms with Crippen LogP contribution in [-0.4, -0.2) is 73.6 Å². The Hall–Kier alpha value is -2.60. The molecule has 2 aromatic rings. The van der Waals surface area contributed by atoms with Gasteiger partial charge in [-0.25, -0.2) is 9.40 Å². The zero-order chi connectivity index (χ0) is 21.7. The number of amides is 1. The van der Waals surface area contributed by atoms with Crippen LogP contribution in [0.2, 0.25) is 0 Å². The molecule has 30 heavy (non-hydrogen) atoms. The molecule has 0 radical (unpaired) electrons. The zero-order valence-corrected chi connectivity index (χ0v) is 17.7. The average molecular weight is 437 g/mol. The summed E-state index contributed by atoms with van der Waals surface area (Å²) in [7, 11) is -0.447. The van der Waals surface area contributed by atoms with E-state index in [1.165, 1.54) is 39.8 Å². The highest BCUT2D eigenvalue weighted by atomic mass is 32.2. The summed E-state index contributed by atoms with van der Waals surface area (Å²) < 4.78 is 41.5. The second-order valence-electron chi connectivity index (χ2n) is 7.07. The Morgan fingerprint density at radius 2 is 1.93 bits per heavy atom. The van der Waals surface area contributed by atoms with E-state index >= 15 is 0 Å². The molecule has 1 aromatic carbocycles. The van der Waals surface area contributed by atoms with E-state index in [-0.39, 0.29) is 5.82 Å². The minimum atomic E-state index is -3.45. The quantitative estimate of drug-likeness (QED) is 0.493. The number of rotatable bonds is 8. The van der Waals surface area contributed by atoms with Crippen LogP contribution in [0.15, 0.2) is 42.7 Å². The molecule has 0 bridgehead atoms. The van der Waals surface area contributed by atoms with E-state index in [4.69, 9.17) is 0 Å². The van der Waals surface area contributed by atoms with Gasteiger partial charge in [0.15, 0.2) is 0 Å². The summed E-state index contributed by atoms with van der Waals surface area (Å²) in [4.78, 5) is 17.5. The van der Waals surface area contributed by atoms with E-state index in [1.807, 2.05) is 4.90 Å². The lowest BCUT2D eigenvalue weighted by Crippen LogP contribution is -2.51. The van der Waals surface area contributed by atoms with Crippen molar-refractivity contribution in [2.75, 3.05) is 50.7 Å². The topological polar surface area (TPSA) is 89.1 Å². The van der Waals surface area contributed by atoms with E-state index in [0.29, 0.717) is 56.1 Å². The minimum Gasteiger partial charge on any atom is -0.296 e. The molecular weight excluding hydrogens is 411 g/mol. The first-order valence-electron chi connectivity index (χ1n) is 9.41. The van der Waals surface area contributed by atoms with Gasteiger partial charge in [0.25, 0.3) is 10.2 Å². The molecule has 9 nitrogen and oxygen atoms in total. The van der Waals surface area contributed by atoms with Crippen molar-refractivity contribution >= 4 is 28.0 Å². The number of benzene rings is 1. The number of anilines is 2. The van der Waals surface area contributed by atoms with Crippen LogP contribution in [0.3, 0.4) is 0 Å². The predicted molar refractivity (Wildman–Crippen MR) is 112 cm³/mol. The third-order valence-corrected chi connectivity index (χ3v) is 6.78. The molecular formula is C19H25FN6O3S. The van der Waals surface area contributed by atoms with Gasteiger partial charge >= 0.3 is 0 Å². The van der Waals surface area contributed by atoms with Crippen molar-refractivity contribution in [2.45, 2.75) is 6.54 Å². The van der Waals surface area contributed by atoms with E-state index in [0.717, 1.165) is 0 Å². The Kier molecular flexibility index (Phi) is 6.98. The van der Waals surface area contributed by atoms with Crippen molar-refractivity contribution in [1.82, 2.24) is 18.5 Å². The first-order chi connectivity index (χ1) is 14.3. The number of nitrogens with zero attached hydrogens (tertiary/aromatic N) is 5. The van der Waals surface area contributed by atoms with E-state index in [2.05, 4.69) is 10.4 Å². The predicted octanol–water partition coefficient (Wildman–Crippen LogP) is 1.13. The van der Waals surface area contributed by atoms with Crippen LogP contribution in [0.5, 0.6) is 0 Å². The van der Waals surface area contributed by atoms with Crippen LogP contribution in [0.4, 0.5) is 15.8 Å². The second-order valence-corrected chi connectivity index (χ2v) is 9.21. The molecule has 1 fully saturated rings. The molecule has 0 saturated carbocycles. The van der Waals surface area contributed by atoms with Crippen molar-refractivity contribution in [3.8, 4) is 0 Å². The zero-order valence-electron chi connectivity index (χ0n) is 16.9. The third kappa shape index (κ3) is 5.11. The highest BCUT2D eigenvalue weighted by Crippen LogP contribution is 2.21. The number of carbonyl (C=O) groups excluding carboxylic acids is 1. The molecule has 0 unspecified atom stereocenters. The molecule has 1 N–H and O–H groups in total. The standard InChI is InChI=1S/C19H25FN6O3S/c1-23(2)30(28,29)25-10-8-24(9-11-25)14-16-12-18(5-6-19(16)20)26(15-27)22-17-4-3-7-21-13-17/h3-7,12-13,15,22H,8-11,14H2,1-2H3. The average Bonchev–Trinajstić information content (AvgIpc) is 2.74. The Balaban J connectivity index is 1.68. The highest BCUT2D eigenvalue weighted by Gasteiger charge is 2.28. The third-order valence-electron chi connectivity index (χ3n) is 4.84. The van der Waals surface area contributed by atoms with Gasteiger partial charge in [-0.05, 0) is 30.3 Å². The molecule has 0 aliphatic carbocycles. The molecule has 0 atom stereocenters. The van der Waals surface area contributed by atoms with Crippen LogP contribution in [0.1, 0.15) is 5.56 Å². The SMILES string of the molecule is CN(C)S(=O)(=O)N1CCN(Cc2cc(N(C=O)Nc3cccnc3)ccc2F)CC1. The Bertz CT molecular complexity index is 965. The molecule has 1 amide bonds. The van der Waals surface area contributed by atoms with E-state index in [9.17, 15) is 17.6 Å². The largest absolute Gasteiger partial charge is 0.296 e. The molecule has 11 heteroatoms. The number of piperazine rings is 1. The normalized spacial score (nSPS) is 15.9. The number of pyridine rings is 1. The lowest BCUT2D eigenvalue weighted by molar-refractivity contribution is -0.107. The van der Waals surface area contributed by atoms with Gasteiger partial charge in [0, 0.05) is 58.6 Å². The fourth-order valence-corrected chi connectivity index (χ4v) is 4.23. The van der Waals surface area contributed by atoms with Crippen molar-refractivity contribution in [2.24, 2.45) is 0 Å². The minimum absolute atomic E-state index is 0.315. The number of hydrazine groups is 1. The summed E-state index contributed by atoms with van der Waals surface area (Å²) in [5.41, 5.74) is 4.45. The number of hydrogen-bond donors (Lipinski definition) is 1. The van der Waals surface area contributed by atoms with Gasteiger partial charge in [0.05, 0.1) is 17.6 Å². The fourth-order valence-electron chi connectivity index (χ4n) is 3.14. The fraction of sp³-hybridized carbons (Fsp3) is 0.368. The van der Waals surface area contributed by atoms with Crippen LogP contribution in [-0.2, 0) is 21.5 Å². The van der Waals surface area contributed by atoms with E-state index < -0.39 is 10.2 Å². The summed E-state index contributed by atoms with van der Waals surface area (Å²) in [6.45, 7) is 1.97. The van der Waals surface area contributed by atoms with Crippen LogP contribution < -0.4 is 10.4 Å².